The SMILES string of the molecule is O=C(O)N1CC2(C1)OCc1ccncc12. The number of likely N-dealkylation sites (tertiary alicyclic amines) is 1. The zero-order valence-electron chi connectivity index (χ0n) is 8.01. The number of hydrogen-bond donors (Lipinski definition) is 1. The fraction of sp³-hybridized carbons (Fsp3) is 0.400. The number of rotatable bonds is 0. The fourth-order valence-corrected chi connectivity index (χ4v) is 2.22. The molecule has 1 aromatic rings. The molecular weight excluding hydrogens is 196 g/mol. The van der Waals surface area contributed by atoms with Crippen molar-refractivity contribution in [2.45, 2.75) is 12.2 Å². The standard InChI is InChI=1S/C10H10N2O3/c13-9(14)12-5-10(6-12)8-3-11-2-1-7(8)4-15-10/h1-3H,4-6H2,(H,13,14). The van der Waals surface area contributed by atoms with Crippen LogP contribution in [0, 0.1) is 0 Å². The van der Waals surface area contributed by atoms with Gasteiger partial charge in [0.2, 0.25) is 0 Å². The van der Waals surface area contributed by atoms with Gasteiger partial charge in [-0.25, -0.2) is 4.79 Å². The first-order valence-corrected chi connectivity index (χ1v) is 4.76. The zero-order valence-corrected chi connectivity index (χ0v) is 8.01. The number of ether oxygens (including phenoxy) is 1. The molecule has 5 nitrogen and oxygen atoms in total. The molecule has 0 atom stereocenters. The van der Waals surface area contributed by atoms with E-state index in [4.69, 9.17) is 9.84 Å². The van der Waals surface area contributed by atoms with Gasteiger partial charge in [-0.15, -0.1) is 0 Å². The highest BCUT2D eigenvalue weighted by atomic mass is 16.5. The van der Waals surface area contributed by atoms with Gasteiger partial charge in [0.25, 0.3) is 0 Å². The second-order valence-electron chi connectivity index (χ2n) is 3.95. The van der Waals surface area contributed by atoms with Crippen LogP contribution in [0.5, 0.6) is 0 Å². The third-order valence-electron chi connectivity index (χ3n) is 3.07. The van der Waals surface area contributed by atoms with Crippen molar-refractivity contribution in [3.63, 3.8) is 0 Å². The molecule has 3 heterocycles. The van der Waals surface area contributed by atoms with Gasteiger partial charge in [-0.2, -0.15) is 0 Å². The molecule has 78 valence electrons. The maximum atomic E-state index is 10.7. The van der Waals surface area contributed by atoms with Crippen molar-refractivity contribution in [2.24, 2.45) is 0 Å². The molecule has 1 saturated heterocycles. The Hall–Kier alpha value is -1.62. The quantitative estimate of drug-likeness (QED) is 0.682. The Balaban J connectivity index is 1.90. The van der Waals surface area contributed by atoms with Crippen LogP contribution >= 0.6 is 0 Å². The largest absolute Gasteiger partial charge is 0.465 e. The summed E-state index contributed by atoms with van der Waals surface area (Å²) < 4.78 is 5.68. The highest BCUT2D eigenvalue weighted by Gasteiger charge is 2.51. The molecule has 0 unspecified atom stereocenters. The van der Waals surface area contributed by atoms with Crippen molar-refractivity contribution in [2.75, 3.05) is 13.1 Å². The molecule has 1 spiro atoms. The minimum absolute atomic E-state index is 0.415. The van der Waals surface area contributed by atoms with E-state index in [9.17, 15) is 4.79 Å². The predicted molar refractivity (Wildman–Crippen MR) is 50.3 cm³/mol. The Morgan fingerprint density at radius 3 is 3.13 bits per heavy atom. The van der Waals surface area contributed by atoms with E-state index in [0.29, 0.717) is 19.7 Å². The molecule has 5 heteroatoms. The number of carbonyl (C=O) groups is 1. The molecule has 0 radical (unpaired) electrons. The Labute approximate surface area is 86.3 Å². The van der Waals surface area contributed by atoms with E-state index in [0.717, 1.165) is 11.1 Å². The number of aromatic nitrogens is 1. The minimum atomic E-state index is -0.887. The van der Waals surface area contributed by atoms with E-state index in [1.165, 1.54) is 4.90 Å². The first kappa shape index (κ1) is 8.67. The van der Waals surface area contributed by atoms with Crippen molar-refractivity contribution in [1.29, 1.82) is 0 Å². The lowest BCUT2D eigenvalue weighted by Crippen LogP contribution is -2.60. The van der Waals surface area contributed by atoms with Crippen LogP contribution in [0.3, 0.4) is 0 Å². The Bertz CT molecular complexity index is 426. The molecule has 0 bridgehead atoms. The normalized spacial score (nSPS) is 21.2. The number of hydrogen-bond acceptors (Lipinski definition) is 3. The molecular formula is C10H10N2O3. The molecule has 15 heavy (non-hydrogen) atoms. The second kappa shape index (κ2) is 2.70. The van der Waals surface area contributed by atoms with Crippen LogP contribution in [0.1, 0.15) is 11.1 Å². The van der Waals surface area contributed by atoms with Crippen LogP contribution in [-0.4, -0.2) is 34.2 Å². The first-order chi connectivity index (χ1) is 7.21. The number of pyridine rings is 1. The van der Waals surface area contributed by atoms with Gasteiger partial charge < -0.3 is 14.7 Å². The van der Waals surface area contributed by atoms with Crippen molar-refractivity contribution in [3.8, 4) is 0 Å². The molecule has 2 aliphatic heterocycles. The minimum Gasteiger partial charge on any atom is -0.465 e. The molecule has 0 aliphatic carbocycles. The number of carboxylic acid groups (broad SMARTS) is 1. The van der Waals surface area contributed by atoms with E-state index in [1.807, 2.05) is 6.07 Å². The average Bonchev–Trinajstić information content (AvgIpc) is 2.54. The van der Waals surface area contributed by atoms with Gasteiger partial charge in [-0.1, -0.05) is 0 Å². The summed E-state index contributed by atoms with van der Waals surface area (Å²) in [4.78, 5) is 16.1. The van der Waals surface area contributed by atoms with Crippen LogP contribution in [0.25, 0.3) is 0 Å². The van der Waals surface area contributed by atoms with Gasteiger partial charge in [0, 0.05) is 18.0 Å². The van der Waals surface area contributed by atoms with Crippen LogP contribution in [0.4, 0.5) is 4.79 Å². The molecule has 0 saturated carbocycles. The number of fused-ring (bicyclic) bond motifs is 2. The Kier molecular flexibility index (Phi) is 1.56. The fourth-order valence-electron chi connectivity index (χ4n) is 2.22. The van der Waals surface area contributed by atoms with Crippen LogP contribution in [-0.2, 0) is 16.9 Å². The molecule has 1 N–H and O–H groups in total. The smallest absolute Gasteiger partial charge is 0.407 e. The maximum absolute atomic E-state index is 10.7. The maximum Gasteiger partial charge on any atom is 0.407 e. The van der Waals surface area contributed by atoms with Gasteiger partial charge >= 0.3 is 6.09 Å². The van der Waals surface area contributed by atoms with E-state index in [2.05, 4.69) is 4.98 Å². The van der Waals surface area contributed by atoms with Crippen LogP contribution < -0.4 is 0 Å². The lowest BCUT2D eigenvalue weighted by molar-refractivity contribution is -0.129. The second-order valence-corrected chi connectivity index (χ2v) is 3.95. The first-order valence-electron chi connectivity index (χ1n) is 4.76. The summed E-state index contributed by atoms with van der Waals surface area (Å²) in [6.07, 6.45) is 2.62. The lowest BCUT2D eigenvalue weighted by Gasteiger charge is -2.45. The van der Waals surface area contributed by atoms with E-state index >= 15 is 0 Å². The predicted octanol–water partition coefficient (Wildman–Crippen LogP) is 0.801. The number of nitrogens with zero attached hydrogens (tertiary/aromatic N) is 2. The Morgan fingerprint density at radius 2 is 2.40 bits per heavy atom. The summed E-state index contributed by atoms with van der Waals surface area (Å²) in [6, 6.07) is 1.92. The monoisotopic (exact) mass is 206 g/mol. The molecule has 1 fully saturated rings. The summed E-state index contributed by atoms with van der Waals surface area (Å²) >= 11 is 0. The highest BCUT2D eigenvalue weighted by molar-refractivity contribution is 5.67. The average molecular weight is 206 g/mol. The van der Waals surface area contributed by atoms with Gasteiger partial charge in [-0.3, -0.25) is 4.98 Å². The van der Waals surface area contributed by atoms with Gasteiger partial charge in [0.05, 0.1) is 19.7 Å². The van der Waals surface area contributed by atoms with E-state index in [1.54, 1.807) is 12.4 Å². The van der Waals surface area contributed by atoms with E-state index in [-0.39, 0.29) is 0 Å². The van der Waals surface area contributed by atoms with Crippen molar-refractivity contribution >= 4 is 6.09 Å². The Morgan fingerprint density at radius 1 is 1.60 bits per heavy atom. The summed E-state index contributed by atoms with van der Waals surface area (Å²) in [7, 11) is 0. The summed E-state index contributed by atoms with van der Waals surface area (Å²) in [5.74, 6) is 0. The number of amides is 1. The zero-order chi connectivity index (χ0) is 10.5. The van der Waals surface area contributed by atoms with Crippen LogP contribution in [0.15, 0.2) is 18.5 Å². The third-order valence-corrected chi connectivity index (χ3v) is 3.07. The molecule has 1 amide bonds. The van der Waals surface area contributed by atoms with Crippen molar-refractivity contribution < 1.29 is 14.6 Å². The van der Waals surface area contributed by atoms with Gasteiger partial charge in [-0.05, 0) is 11.6 Å². The molecule has 1 aromatic heterocycles. The molecule has 2 aliphatic rings. The summed E-state index contributed by atoms with van der Waals surface area (Å²) in [5.41, 5.74) is 1.75. The van der Waals surface area contributed by atoms with Crippen LogP contribution in [0.2, 0.25) is 0 Å². The molecule has 3 rings (SSSR count). The van der Waals surface area contributed by atoms with Crippen molar-refractivity contribution in [3.05, 3.63) is 29.6 Å². The highest BCUT2D eigenvalue weighted by Crippen LogP contribution is 2.42. The topological polar surface area (TPSA) is 62.7 Å². The summed E-state index contributed by atoms with van der Waals surface area (Å²) in [5, 5.41) is 8.78. The molecule has 0 aromatic carbocycles. The lowest BCUT2D eigenvalue weighted by atomic mass is 9.87. The van der Waals surface area contributed by atoms with Crippen molar-refractivity contribution in [1.82, 2.24) is 9.88 Å². The van der Waals surface area contributed by atoms with Gasteiger partial charge in [0.1, 0.15) is 5.60 Å². The van der Waals surface area contributed by atoms with E-state index < -0.39 is 11.7 Å². The summed E-state index contributed by atoms with van der Waals surface area (Å²) in [6.45, 7) is 1.40. The van der Waals surface area contributed by atoms with Gasteiger partial charge in [0.15, 0.2) is 0 Å². The third kappa shape index (κ3) is 1.07.